The molecule has 0 amide bonds. The summed E-state index contributed by atoms with van der Waals surface area (Å²) in [5.74, 6) is 2.83. The number of rotatable bonds is 1. The van der Waals surface area contributed by atoms with Crippen LogP contribution in [0.5, 0.6) is 0 Å². The van der Waals surface area contributed by atoms with E-state index in [1.807, 2.05) is 0 Å². The number of nitrogens with zero attached hydrogens (tertiary/aromatic N) is 1. The van der Waals surface area contributed by atoms with Gasteiger partial charge in [-0.3, -0.25) is 0 Å². The highest BCUT2D eigenvalue weighted by atomic mass is 15.2. The number of fused-ring (bicyclic) bond motifs is 1. The molecule has 1 heterocycles. The molecule has 1 aliphatic carbocycles. The highest BCUT2D eigenvalue weighted by Crippen LogP contribution is 2.54. The zero-order chi connectivity index (χ0) is 7.30. The lowest BCUT2D eigenvalue weighted by Gasteiger charge is -2.12. The Morgan fingerprint density at radius 3 is 2.30 bits per heavy atom. The van der Waals surface area contributed by atoms with Crippen LogP contribution < -0.4 is 0 Å². The van der Waals surface area contributed by atoms with Gasteiger partial charge in [-0.15, -0.1) is 0 Å². The molecule has 1 aliphatic heterocycles. The maximum Gasteiger partial charge on any atom is 0.00159 e. The van der Waals surface area contributed by atoms with Crippen LogP contribution in [0, 0.1) is 17.8 Å². The standard InChI is InChI=1S/C9H15N/c1-6(2)9-7-4-10(3)5-8(7)9/h7-9H,1,4-5H2,2-3H3. The van der Waals surface area contributed by atoms with Crippen LogP contribution in [0.25, 0.3) is 0 Å². The van der Waals surface area contributed by atoms with Crippen LogP contribution in [0.3, 0.4) is 0 Å². The topological polar surface area (TPSA) is 3.24 Å². The van der Waals surface area contributed by atoms with Gasteiger partial charge in [0.25, 0.3) is 0 Å². The predicted molar refractivity (Wildman–Crippen MR) is 42.8 cm³/mol. The second kappa shape index (κ2) is 1.85. The molecule has 0 N–H and O–H groups in total. The Balaban J connectivity index is 1.98. The van der Waals surface area contributed by atoms with Gasteiger partial charge in [-0.05, 0) is 31.7 Å². The van der Waals surface area contributed by atoms with Gasteiger partial charge in [-0.2, -0.15) is 0 Å². The highest BCUT2D eigenvalue weighted by molar-refractivity contribution is 5.18. The van der Waals surface area contributed by atoms with E-state index < -0.39 is 0 Å². The first-order valence-corrected chi connectivity index (χ1v) is 4.04. The van der Waals surface area contributed by atoms with Crippen molar-refractivity contribution in [1.82, 2.24) is 4.90 Å². The average Bonchev–Trinajstić information content (AvgIpc) is 2.32. The van der Waals surface area contributed by atoms with Crippen LogP contribution in [-0.2, 0) is 0 Å². The van der Waals surface area contributed by atoms with Gasteiger partial charge in [0.1, 0.15) is 0 Å². The molecule has 2 rings (SSSR count). The molecule has 2 aliphatic rings. The second-order valence-electron chi connectivity index (χ2n) is 3.92. The minimum Gasteiger partial charge on any atom is -0.306 e. The third kappa shape index (κ3) is 0.734. The number of likely N-dealkylation sites (tertiary alicyclic amines) is 1. The Hall–Kier alpha value is -0.300. The van der Waals surface area contributed by atoms with Gasteiger partial charge < -0.3 is 4.90 Å². The summed E-state index contributed by atoms with van der Waals surface area (Å²) < 4.78 is 0. The first-order valence-electron chi connectivity index (χ1n) is 4.04. The van der Waals surface area contributed by atoms with Crippen LogP contribution in [0.4, 0.5) is 0 Å². The van der Waals surface area contributed by atoms with Crippen molar-refractivity contribution in [2.75, 3.05) is 20.1 Å². The molecule has 0 aromatic carbocycles. The summed E-state index contributed by atoms with van der Waals surface area (Å²) in [4.78, 5) is 2.43. The van der Waals surface area contributed by atoms with Crippen LogP contribution >= 0.6 is 0 Å². The van der Waals surface area contributed by atoms with E-state index in [-0.39, 0.29) is 0 Å². The minimum absolute atomic E-state index is 0.885. The summed E-state index contributed by atoms with van der Waals surface area (Å²) >= 11 is 0. The van der Waals surface area contributed by atoms with Gasteiger partial charge in [-0.25, -0.2) is 0 Å². The molecule has 1 nitrogen and oxygen atoms in total. The molecule has 0 spiro atoms. The summed E-state index contributed by atoms with van der Waals surface area (Å²) in [6, 6.07) is 0. The SMILES string of the molecule is C=C(C)C1C2CN(C)CC21. The van der Waals surface area contributed by atoms with Crippen molar-refractivity contribution in [2.45, 2.75) is 6.92 Å². The fourth-order valence-corrected chi connectivity index (χ4v) is 2.47. The molecule has 1 saturated heterocycles. The lowest BCUT2D eigenvalue weighted by molar-refractivity contribution is 0.354. The maximum absolute atomic E-state index is 4.01. The molecule has 0 bridgehead atoms. The number of allylic oxidation sites excluding steroid dienone is 1. The molecule has 0 radical (unpaired) electrons. The molecular weight excluding hydrogens is 122 g/mol. The van der Waals surface area contributed by atoms with Gasteiger partial charge in [0, 0.05) is 13.1 Å². The van der Waals surface area contributed by atoms with Crippen LogP contribution in [0.15, 0.2) is 12.2 Å². The van der Waals surface area contributed by atoms with E-state index in [4.69, 9.17) is 0 Å². The summed E-state index contributed by atoms with van der Waals surface area (Å²) in [5.41, 5.74) is 1.41. The van der Waals surface area contributed by atoms with Crippen LogP contribution in [0.2, 0.25) is 0 Å². The number of piperidine rings is 1. The maximum atomic E-state index is 4.01. The summed E-state index contributed by atoms with van der Waals surface area (Å²) in [5, 5.41) is 0. The molecule has 1 heteroatoms. The zero-order valence-corrected chi connectivity index (χ0v) is 6.80. The Morgan fingerprint density at radius 1 is 1.40 bits per heavy atom. The molecule has 10 heavy (non-hydrogen) atoms. The molecule has 2 unspecified atom stereocenters. The van der Waals surface area contributed by atoms with E-state index in [1.54, 1.807) is 0 Å². The van der Waals surface area contributed by atoms with E-state index in [0.29, 0.717) is 0 Å². The van der Waals surface area contributed by atoms with Crippen molar-refractivity contribution < 1.29 is 0 Å². The molecule has 2 atom stereocenters. The van der Waals surface area contributed by atoms with Crippen molar-refractivity contribution in [1.29, 1.82) is 0 Å². The van der Waals surface area contributed by atoms with Gasteiger partial charge in [0.15, 0.2) is 0 Å². The van der Waals surface area contributed by atoms with E-state index in [2.05, 4.69) is 25.5 Å². The quantitative estimate of drug-likeness (QED) is 0.493. The normalized spacial score (nSPS) is 45.2. The van der Waals surface area contributed by atoms with Crippen molar-refractivity contribution >= 4 is 0 Å². The van der Waals surface area contributed by atoms with E-state index in [1.165, 1.54) is 18.7 Å². The third-order valence-electron chi connectivity index (χ3n) is 2.95. The Labute approximate surface area is 62.7 Å². The van der Waals surface area contributed by atoms with Crippen LogP contribution in [0.1, 0.15) is 6.92 Å². The fourth-order valence-electron chi connectivity index (χ4n) is 2.47. The first kappa shape index (κ1) is 6.41. The summed E-state index contributed by atoms with van der Waals surface area (Å²) in [6.45, 7) is 8.79. The summed E-state index contributed by atoms with van der Waals surface area (Å²) in [7, 11) is 2.21. The number of hydrogen-bond donors (Lipinski definition) is 0. The fraction of sp³-hybridized carbons (Fsp3) is 0.778. The van der Waals surface area contributed by atoms with E-state index in [9.17, 15) is 0 Å². The largest absolute Gasteiger partial charge is 0.306 e. The second-order valence-corrected chi connectivity index (χ2v) is 3.92. The van der Waals surface area contributed by atoms with Crippen molar-refractivity contribution in [3.8, 4) is 0 Å². The lowest BCUT2D eigenvalue weighted by atomic mass is 10.1. The minimum atomic E-state index is 0.885. The Bertz CT molecular complexity index is 162. The molecule has 0 aromatic heterocycles. The van der Waals surface area contributed by atoms with E-state index >= 15 is 0 Å². The molecular formula is C9H15N. The molecule has 56 valence electrons. The first-order chi connectivity index (χ1) is 4.70. The Kier molecular flexibility index (Phi) is 1.19. The van der Waals surface area contributed by atoms with Crippen molar-refractivity contribution in [3.63, 3.8) is 0 Å². The monoisotopic (exact) mass is 137 g/mol. The lowest BCUT2D eigenvalue weighted by Crippen LogP contribution is -2.19. The smallest absolute Gasteiger partial charge is 0.00159 e. The van der Waals surface area contributed by atoms with Gasteiger partial charge >= 0.3 is 0 Å². The predicted octanol–water partition coefficient (Wildman–Crippen LogP) is 1.37. The van der Waals surface area contributed by atoms with Crippen LogP contribution in [-0.4, -0.2) is 25.0 Å². The molecule has 1 saturated carbocycles. The summed E-state index contributed by atoms with van der Waals surface area (Å²) in [6.07, 6.45) is 0. The zero-order valence-electron chi connectivity index (χ0n) is 6.80. The van der Waals surface area contributed by atoms with Crippen molar-refractivity contribution in [3.05, 3.63) is 12.2 Å². The van der Waals surface area contributed by atoms with Gasteiger partial charge in [-0.1, -0.05) is 12.2 Å². The van der Waals surface area contributed by atoms with Crippen molar-refractivity contribution in [2.24, 2.45) is 17.8 Å². The third-order valence-corrected chi connectivity index (χ3v) is 2.95. The van der Waals surface area contributed by atoms with Gasteiger partial charge in [0.2, 0.25) is 0 Å². The van der Waals surface area contributed by atoms with E-state index in [0.717, 1.165) is 17.8 Å². The average molecular weight is 137 g/mol. The highest BCUT2D eigenvalue weighted by Gasteiger charge is 2.54. The molecule has 0 aromatic rings. The Morgan fingerprint density at radius 2 is 1.90 bits per heavy atom. The number of hydrogen-bond acceptors (Lipinski definition) is 1. The van der Waals surface area contributed by atoms with Gasteiger partial charge in [0.05, 0.1) is 0 Å². The molecule has 2 fully saturated rings.